The Balaban J connectivity index is 1.34. The molecule has 1 unspecified atom stereocenters. The van der Waals surface area contributed by atoms with E-state index in [0.717, 1.165) is 33.2 Å². The van der Waals surface area contributed by atoms with E-state index in [9.17, 15) is 13.2 Å². The number of nitrogens with one attached hydrogen (secondary N) is 3. The summed E-state index contributed by atoms with van der Waals surface area (Å²) in [6.07, 6.45) is 3.38. The number of carbonyl (C=O) groups is 1. The average molecular weight is 521 g/mol. The number of imidazole rings is 1. The van der Waals surface area contributed by atoms with Gasteiger partial charge in [-0.3, -0.25) is 4.79 Å². The number of amides is 1. The Morgan fingerprint density at radius 1 is 0.947 bits per heavy atom. The fourth-order valence-electron chi connectivity index (χ4n) is 5.27. The van der Waals surface area contributed by atoms with Crippen LogP contribution in [0.5, 0.6) is 0 Å². The van der Waals surface area contributed by atoms with Gasteiger partial charge in [-0.15, -0.1) is 0 Å². The summed E-state index contributed by atoms with van der Waals surface area (Å²) in [6, 6.07) is 21.6. The minimum atomic E-state index is -3.84. The molecule has 1 amide bonds. The second-order valence-corrected chi connectivity index (χ2v) is 10.7. The van der Waals surface area contributed by atoms with Gasteiger partial charge in [0.25, 0.3) is 5.91 Å². The third-order valence-corrected chi connectivity index (χ3v) is 7.88. The number of primary sulfonamides is 1. The van der Waals surface area contributed by atoms with Gasteiger partial charge in [-0.2, -0.15) is 0 Å². The zero-order valence-corrected chi connectivity index (χ0v) is 20.6. The predicted octanol–water partition coefficient (Wildman–Crippen LogP) is 4.25. The van der Waals surface area contributed by atoms with Crippen molar-refractivity contribution in [3.05, 3.63) is 102 Å². The molecule has 1 atom stereocenters. The van der Waals surface area contributed by atoms with Crippen molar-refractivity contribution in [2.75, 3.05) is 0 Å². The SMILES string of the molecule is NS(=O)(=O)c1ccc2nc(-c3cccc4c3-c3ccccc3C4NC(=O)c3ccnc4[nH]ccc34)[nH]c2c1. The summed E-state index contributed by atoms with van der Waals surface area (Å²) in [5, 5.41) is 9.30. The molecule has 1 aliphatic rings. The third kappa shape index (κ3) is 3.42. The number of nitrogens with zero attached hydrogens (tertiary/aromatic N) is 2. The summed E-state index contributed by atoms with van der Waals surface area (Å²) in [4.78, 5) is 28.8. The summed E-state index contributed by atoms with van der Waals surface area (Å²) in [7, 11) is -3.84. The van der Waals surface area contributed by atoms with Gasteiger partial charge in [0.05, 0.1) is 27.5 Å². The number of pyridine rings is 1. The van der Waals surface area contributed by atoms with Crippen LogP contribution in [-0.2, 0) is 10.0 Å². The molecule has 7 rings (SSSR count). The van der Waals surface area contributed by atoms with Gasteiger partial charge in [0.15, 0.2) is 0 Å². The Bertz CT molecular complexity index is 2030. The molecule has 0 saturated heterocycles. The number of aromatic amines is 2. The molecule has 0 spiro atoms. The Morgan fingerprint density at radius 3 is 2.63 bits per heavy atom. The molecule has 10 heteroatoms. The van der Waals surface area contributed by atoms with Gasteiger partial charge in [0, 0.05) is 23.3 Å². The first-order valence-corrected chi connectivity index (χ1v) is 13.4. The average Bonchev–Trinajstić information content (AvgIpc) is 3.64. The standard InChI is InChI=1S/C28H20N6O3S/c29-38(36,37)15-8-9-22-23(14-15)33-27(32-22)21-7-3-6-20-24(21)16-4-1-2-5-17(16)25(20)34-28(35)19-11-13-31-26-18(19)10-12-30-26/h1-14,25H,(H,30,31)(H,32,33)(H,34,35)(H2,29,36,37). The van der Waals surface area contributed by atoms with E-state index >= 15 is 0 Å². The summed E-state index contributed by atoms with van der Waals surface area (Å²) in [6.45, 7) is 0. The van der Waals surface area contributed by atoms with Crippen molar-refractivity contribution in [3.63, 3.8) is 0 Å². The normalized spacial score (nSPS) is 14.5. The third-order valence-electron chi connectivity index (χ3n) is 6.97. The second kappa shape index (κ2) is 8.10. The van der Waals surface area contributed by atoms with E-state index < -0.39 is 10.0 Å². The van der Waals surface area contributed by atoms with Crippen LogP contribution in [-0.4, -0.2) is 34.3 Å². The molecule has 0 aliphatic heterocycles. The first-order valence-electron chi connectivity index (χ1n) is 11.9. The van der Waals surface area contributed by atoms with Gasteiger partial charge in [-0.25, -0.2) is 23.5 Å². The van der Waals surface area contributed by atoms with Crippen LogP contribution >= 0.6 is 0 Å². The maximum absolute atomic E-state index is 13.5. The van der Waals surface area contributed by atoms with Crippen molar-refractivity contribution < 1.29 is 13.2 Å². The van der Waals surface area contributed by atoms with Crippen LogP contribution in [0.3, 0.4) is 0 Å². The molecule has 9 nitrogen and oxygen atoms in total. The van der Waals surface area contributed by atoms with Crippen LogP contribution in [0.4, 0.5) is 0 Å². The number of hydrogen-bond donors (Lipinski definition) is 4. The van der Waals surface area contributed by atoms with Crippen molar-refractivity contribution in [2.24, 2.45) is 5.14 Å². The number of benzene rings is 3. The van der Waals surface area contributed by atoms with E-state index in [1.54, 1.807) is 24.5 Å². The monoisotopic (exact) mass is 520 g/mol. The van der Waals surface area contributed by atoms with Gasteiger partial charge < -0.3 is 15.3 Å². The molecule has 6 aromatic rings. The molecule has 186 valence electrons. The van der Waals surface area contributed by atoms with Crippen molar-refractivity contribution in [1.29, 1.82) is 0 Å². The smallest absolute Gasteiger partial charge is 0.252 e. The van der Waals surface area contributed by atoms with Crippen LogP contribution < -0.4 is 10.5 Å². The molecule has 1 aliphatic carbocycles. The molecule has 38 heavy (non-hydrogen) atoms. The fourth-order valence-corrected chi connectivity index (χ4v) is 5.81. The number of hydrogen-bond acceptors (Lipinski definition) is 5. The van der Waals surface area contributed by atoms with Gasteiger partial charge in [0.1, 0.15) is 11.5 Å². The van der Waals surface area contributed by atoms with E-state index in [-0.39, 0.29) is 16.8 Å². The highest BCUT2D eigenvalue weighted by atomic mass is 32.2. The van der Waals surface area contributed by atoms with Crippen molar-refractivity contribution in [2.45, 2.75) is 10.9 Å². The lowest BCUT2D eigenvalue weighted by Crippen LogP contribution is -2.28. The lowest BCUT2D eigenvalue weighted by atomic mass is 9.98. The zero-order chi connectivity index (χ0) is 26.0. The lowest BCUT2D eigenvalue weighted by Gasteiger charge is -2.16. The minimum absolute atomic E-state index is 0.0132. The maximum Gasteiger partial charge on any atom is 0.252 e. The van der Waals surface area contributed by atoms with Gasteiger partial charge in [-0.1, -0.05) is 42.5 Å². The Kier molecular flexibility index (Phi) is 4.78. The molecule has 3 heterocycles. The summed E-state index contributed by atoms with van der Waals surface area (Å²) >= 11 is 0. The quantitative estimate of drug-likeness (QED) is 0.274. The van der Waals surface area contributed by atoms with E-state index in [2.05, 4.69) is 20.3 Å². The minimum Gasteiger partial charge on any atom is -0.346 e. The first-order chi connectivity index (χ1) is 18.4. The van der Waals surface area contributed by atoms with Crippen molar-refractivity contribution in [1.82, 2.24) is 25.3 Å². The van der Waals surface area contributed by atoms with Crippen LogP contribution in [0.25, 0.3) is 44.6 Å². The van der Waals surface area contributed by atoms with E-state index in [0.29, 0.717) is 28.1 Å². The van der Waals surface area contributed by atoms with Crippen LogP contribution in [0, 0.1) is 0 Å². The van der Waals surface area contributed by atoms with E-state index in [1.807, 2.05) is 48.5 Å². The molecular weight excluding hydrogens is 500 g/mol. The Hall–Kier alpha value is -4.80. The van der Waals surface area contributed by atoms with Gasteiger partial charge >= 0.3 is 0 Å². The summed E-state index contributed by atoms with van der Waals surface area (Å²) in [5.74, 6) is 0.391. The number of aromatic nitrogens is 4. The molecule has 0 saturated carbocycles. The topological polar surface area (TPSA) is 147 Å². The molecule has 3 aromatic heterocycles. The van der Waals surface area contributed by atoms with Crippen LogP contribution in [0.2, 0.25) is 0 Å². The van der Waals surface area contributed by atoms with Gasteiger partial charge in [-0.05, 0) is 52.6 Å². The van der Waals surface area contributed by atoms with Crippen LogP contribution in [0.1, 0.15) is 27.5 Å². The molecule has 0 fully saturated rings. The molecule has 0 bridgehead atoms. The fraction of sp³-hybridized carbons (Fsp3) is 0.0357. The largest absolute Gasteiger partial charge is 0.346 e. The van der Waals surface area contributed by atoms with E-state index in [4.69, 9.17) is 10.1 Å². The molecule has 5 N–H and O–H groups in total. The predicted molar refractivity (Wildman–Crippen MR) is 144 cm³/mol. The number of sulfonamides is 1. The highest BCUT2D eigenvalue weighted by molar-refractivity contribution is 7.89. The zero-order valence-electron chi connectivity index (χ0n) is 19.8. The highest BCUT2D eigenvalue weighted by Gasteiger charge is 2.32. The van der Waals surface area contributed by atoms with Crippen LogP contribution in [0.15, 0.2) is 90.1 Å². The molecular formula is C28H20N6O3S. The van der Waals surface area contributed by atoms with E-state index in [1.165, 1.54) is 12.1 Å². The number of nitrogens with two attached hydrogens (primary N) is 1. The first kappa shape index (κ1) is 22.4. The lowest BCUT2D eigenvalue weighted by molar-refractivity contribution is 0.0945. The highest BCUT2D eigenvalue weighted by Crippen LogP contribution is 2.47. The number of fused-ring (bicyclic) bond motifs is 5. The van der Waals surface area contributed by atoms with Crippen molar-refractivity contribution in [3.8, 4) is 22.5 Å². The summed E-state index contributed by atoms with van der Waals surface area (Å²) in [5.41, 5.74) is 7.11. The molecule has 3 aromatic carbocycles. The Morgan fingerprint density at radius 2 is 1.76 bits per heavy atom. The maximum atomic E-state index is 13.5. The summed E-state index contributed by atoms with van der Waals surface area (Å²) < 4.78 is 23.7. The number of rotatable bonds is 4. The van der Waals surface area contributed by atoms with Crippen molar-refractivity contribution >= 4 is 38.0 Å². The number of H-pyrrole nitrogens is 2. The molecule has 0 radical (unpaired) electrons. The Labute approximate surface area is 216 Å². The number of carbonyl (C=O) groups excluding carboxylic acids is 1. The second-order valence-electron chi connectivity index (χ2n) is 9.17. The van der Waals surface area contributed by atoms with Gasteiger partial charge in [0.2, 0.25) is 10.0 Å².